The van der Waals surface area contributed by atoms with E-state index in [1.165, 1.54) is 6.20 Å². The number of rotatable bonds is 5. The third-order valence-corrected chi connectivity index (χ3v) is 3.82. The maximum Gasteiger partial charge on any atom is 0.309 e. The minimum Gasteiger partial charge on any atom is -0.481 e. The summed E-state index contributed by atoms with van der Waals surface area (Å²) in [4.78, 5) is 27.0. The number of anilines is 1. The molecule has 6 heteroatoms. The molecule has 3 N–H and O–H groups in total. The number of nitrogens with zero attached hydrogens (tertiary/aromatic N) is 1. The Morgan fingerprint density at radius 3 is 2.80 bits per heavy atom. The van der Waals surface area contributed by atoms with Gasteiger partial charge in [-0.1, -0.05) is 6.92 Å². The van der Waals surface area contributed by atoms with Crippen molar-refractivity contribution in [3.63, 3.8) is 0 Å². The van der Waals surface area contributed by atoms with Gasteiger partial charge in [0.15, 0.2) is 0 Å². The zero-order valence-corrected chi connectivity index (χ0v) is 11.5. The van der Waals surface area contributed by atoms with Crippen molar-refractivity contribution in [2.75, 3.05) is 18.4 Å². The van der Waals surface area contributed by atoms with E-state index in [0.29, 0.717) is 17.9 Å². The van der Waals surface area contributed by atoms with Crippen LogP contribution in [0.5, 0.6) is 0 Å². The molecule has 2 heterocycles. The zero-order chi connectivity index (χ0) is 14.6. The summed E-state index contributed by atoms with van der Waals surface area (Å²) in [6.45, 7) is 3.57. The second-order valence-corrected chi connectivity index (χ2v) is 5.12. The molecule has 1 unspecified atom stereocenters. The molecule has 0 spiro atoms. The molecule has 0 aromatic carbocycles. The second kappa shape index (κ2) is 6.00. The largest absolute Gasteiger partial charge is 0.481 e. The molecule has 1 aromatic rings. The fourth-order valence-electron chi connectivity index (χ4n) is 2.42. The van der Waals surface area contributed by atoms with Crippen LogP contribution < -0.4 is 10.6 Å². The van der Waals surface area contributed by atoms with Gasteiger partial charge in [0, 0.05) is 6.54 Å². The van der Waals surface area contributed by atoms with E-state index in [4.69, 9.17) is 5.11 Å². The van der Waals surface area contributed by atoms with Crippen LogP contribution in [0.25, 0.3) is 0 Å². The van der Waals surface area contributed by atoms with Crippen molar-refractivity contribution in [1.82, 2.24) is 10.3 Å². The van der Waals surface area contributed by atoms with Crippen LogP contribution in [0.3, 0.4) is 0 Å². The Kier molecular flexibility index (Phi) is 4.34. The number of nitrogens with one attached hydrogen (secondary N) is 2. The number of carbonyl (C=O) groups excluding carboxylic acids is 1. The van der Waals surface area contributed by atoms with Crippen molar-refractivity contribution in [1.29, 1.82) is 0 Å². The number of carboxylic acid groups (broad SMARTS) is 1. The van der Waals surface area contributed by atoms with E-state index >= 15 is 0 Å². The topological polar surface area (TPSA) is 91.3 Å². The fourth-order valence-corrected chi connectivity index (χ4v) is 2.42. The number of carbonyl (C=O) groups is 2. The smallest absolute Gasteiger partial charge is 0.309 e. The van der Waals surface area contributed by atoms with Crippen LogP contribution in [-0.2, 0) is 16.0 Å². The lowest BCUT2D eigenvalue weighted by Gasteiger charge is -2.25. The van der Waals surface area contributed by atoms with Crippen molar-refractivity contribution in [2.24, 2.45) is 5.41 Å². The SMILES string of the molecule is CCC1(C(=O)Nc2ccc(CC(=O)O)nc2)CCNC1. The average Bonchev–Trinajstić information content (AvgIpc) is 2.90. The van der Waals surface area contributed by atoms with Gasteiger partial charge in [0.2, 0.25) is 5.91 Å². The zero-order valence-electron chi connectivity index (χ0n) is 11.5. The van der Waals surface area contributed by atoms with E-state index in [9.17, 15) is 9.59 Å². The summed E-state index contributed by atoms with van der Waals surface area (Å²) in [5, 5.41) is 14.8. The molecule has 1 atom stereocenters. The Bertz CT molecular complexity index is 493. The molecule has 0 saturated carbocycles. The highest BCUT2D eigenvalue weighted by molar-refractivity contribution is 5.95. The van der Waals surface area contributed by atoms with Crippen molar-refractivity contribution >= 4 is 17.6 Å². The van der Waals surface area contributed by atoms with E-state index in [-0.39, 0.29) is 17.7 Å². The molecular weight excluding hydrogens is 258 g/mol. The Labute approximate surface area is 117 Å². The fraction of sp³-hybridized carbons (Fsp3) is 0.500. The highest BCUT2D eigenvalue weighted by atomic mass is 16.4. The van der Waals surface area contributed by atoms with Crippen LogP contribution in [0.1, 0.15) is 25.5 Å². The van der Waals surface area contributed by atoms with E-state index < -0.39 is 5.97 Å². The summed E-state index contributed by atoms with van der Waals surface area (Å²) in [6.07, 6.45) is 3.01. The lowest BCUT2D eigenvalue weighted by Crippen LogP contribution is -2.37. The molecular formula is C14H19N3O3. The summed E-state index contributed by atoms with van der Waals surface area (Å²) in [6, 6.07) is 3.31. The van der Waals surface area contributed by atoms with Crippen LogP contribution >= 0.6 is 0 Å². The van der Waals surface area contributed by atoms with Crippen LogP contribution in [0.15, 0.2) is 18.3 Å². The first-order valence-electron chi connectivity index (χ1n) is 6.75. The number of hydrogen-bond acceptors (Lipinski definition) is 4. The minimum atomic E-state index is -0.920. The number of aliphatic carboxylic acids is 1. The number of pyridine rings is 1. The van der Waals surface area contributed by atoms with Gasteiger partial charge < -0.3 is 15.7 Å². The third-order valence-electron chi connectivity index (χ3n) is 3.82. The van der Waals surface area contributed by atoms with Gasteiger partial charge in [-0.25, -0.2) is 0 Å². The summed E-state index contributed by atoms with van der Waals surface area (Å²) in [5.74, 6) is -0.922. The Morgan fingerprint density at radius 2 is 2.30 bits per heavy atom. The standard InChI is InChI=1S/C14H19N3O3/c1-2-14(5-6-15-9-14)13(20)17-11-4-3-10(16-8-11)7-12(18)19/h3-4,8,15H,2,5-7,9H2,1H3,(H,17,20)(H,18,19). The average molecular weight is 277 g/mol. The molecule has 2 rings (SSSR count). The Morgan fingerprint density at radius 1 is 1.50 bits per heavy atom. The normalized spacial score (nSPS) is 21.6. The summed E-state index contributed by atoms with van der Waals surface area (Å²) in [5.41, 5.74) is 0.729. The minimum absolute atomic E-state index is 0.00205. The van der Waals surface area contributed by atoms with Crippen LogP contribution in [0.4, 0.5) is 5.69 Å². The monoisotopic (exact) mass is 277 g/mol. The van der Waals surface area contributed by atoms with E-state index in [1.807, 2.05) is 6.92 Å². The first-order chi connectivity index (χ1) is 9.55. The van der Waals surface area contributed by atoms with Gasteiger partial charge in [0.1, 0.15) is 0 Å². The van der Waals surface area contributed by atoms with Gasteiger partial charge in [0.05, 0.1) is 29.4 Å². The van der Waals surface area contributed by atoms with Crippen molar-refractivity contribution in [2.45, 2.75) is 26.2 Å². The van der Waals surface area contributed by atoms with Gasteiger partial charge in [-0.2, -0.15) is 0 Å². The summed E-state index contributed by atoms with van der Waals surface area (Å²) >= 11 is 0. The molecule has 6 nitrogen and oxygen atoms in total. The maximum absolute atomic E-state index is 12.4. The lowest BCUT2D eigenvalue weighted by molar-refractivity contribution is -0.136. The molecule has 0 aliphatic carbocycles. The molecule has 1 aliphatic heterocycles. The predicted octanol–water partition coefficient (Wildman–Crippen LogP) is 1.04. The Hall–Kier alpha value is -1.95. The van der Waals surface area contributed by atoms with Crippen molar-refractivity contribution < 1.29 is 14.7 Å². The molecule has 1 fully saturated rings. The van der Waals surface area contributed by atoms with Crippen molar-refractivity contribution in [3.8, 4) is 0 Å². The molecule has 1 aliphatic rings. The van der Waals surface area contributed by atoms with E-state index in [2.05, 4.69) is 15.6 Å². The lowest BCUT2D eigenvalue weighted by atomic mass is 9.83. The van der Waals surface area contributed by atoms with E-state index in [0.717, 1.165) is 19.4 Å². The molecule has 0 bridgehead atoms. The quantitative estimate of drug-likeness (QED) is 0.748. The molecule has 108 valence electrons. The highest BCUT2D eigenvalue weighted by Gasteiger charge is 2.39. The molecule has 20 heavy (non-hydrogen) atoms. The molecule has 1 aromatic heterocycles. The van der Waals surface area contributed by atoms with Gasteiger partial charge in [0.25, 0.3) is 0 Å². The van der Waals surface area contributed by atoms with Crippen LogP contribution in [-0.4, -0.2) is 35.1 Å². The van der Waals surface area contributed by atoms with Gasteiger partial charge >= 0.3 is 5.97 Å². The molecule has 1 amide bonds. The number of aromatic nitrogens is 1. The predicted molar refractivity (Wildman–Crippen MR) is 74.4 cm³/mol. The van der Waals surface area contributed by atoms with Crippen LogP contribution in [0.2, 0.25) is 0 Å². The summed E-state index contributed by atoms with van der Waals surface area (Å²) < 4.78 is 0. The van der Waals surface area contributed by atoms with E-state index in [1.54, 1.807) is 12.1 Å². The highest BCUT2D eigenvalue weighted by Crippen LogP contribution is 2.30. The summed E-state index contributed by atoms with van der Waals surface area (Å²) in [7, 11) is 0. The van der Waals surface area contributed by atoms with Crippen LogP contribution in [0, 0.1) is 5.41 Å². The van der Waals surface area contributed by atoms with Gasteiger partial charge in [-0.3, -0.25) is 14.6 Å². The number of carboxylic acids is 1. The first kappa shape index (κ1) is 14.5. The van der Waals surface area contributed by atoms with Crippen molar-refractivity contribution in [3.05, 3.63) is 24.0 Å². The van der Waals surface area contributed by atoms with Gasteiger partial charge in [-0.15, -0.1) is 0 Å². The third kappa shape index (κ3) is 3.14. The second-order valence-electron chi connectivity index (χ2n) is 5.12. The molecule has 0 radical (unpaired) electrons. The first-order valence-corrected chi connectivity index (χ1v) is 6.75. The maximum atomic E-state index is 12.4. The number of amides is 1. The molecule has 1 saturated heterocycles. The number of hydrogen-bond donors (Lipinski definition) is 3. The Balaban J connectivity index is 2.02. The van der Waals surface area contributed by atoms with Gasteiger partial charge in [-0.05, 0) is 31.5 Å².